The van der Waals surface area contributed by atoms with Gasteiger partial charge in [0.1, 0.15) is 17.3 Å². The van der Waals surface area contributed by atoms with Crippen LogP contribution < -0.4 is 15.0 Å². The number of nitrogens with zero attached hydrogens (tertiary/aromatic N) is 3. The molecule has 6 nitrogen and oxygen atoms in total. The van der Waals surface area contributed by atoms with Gasteiger partial charge in [-0.2, -0.15) is 0 Å². The average Bonchev–Trinajstić information content (AvgIpc) is 3.24. The van der Waals surface area contributed by atoms with Gasteiger partial charge in [0.25, 0.3) is 5.91 Å². The molecule has 0 atom stereocenters. The molecule has 30 heavy (non-hydrogen) atoms. The van der Waals surface area contributed by atoms with Gasteiger partial charge in [-0.3, -0.25) is 4.79 Å². The number of ether oxygens (including phenoxy) is 1. The molecular weight excluding hydrogens is 403 g/mol. The summed E-state index contributed by atoms with van der Waals surface area (Å²) in [6.45, 7) is 4.82. The predicted octanol–water partition coefficient (Wildman–Crippen LogP) is 4.39. The second kappa shape index (κ2) is 9.13. The number of carbonyl (C=O) groups is 1. The van der Waals surface area contributed by atoms with E-state index in [1.54, 1.807) is 22.4 Å². The summed E-state index contributed by atoms with van der Waals surface area (Å²) in [6, 6.07) is 14.3. The first-order valence-corrected chi connectivity index (χ1v) is 10.8. The first-order valence-electron chi connectivity index (χ1n) is 9.88. The molecule has 1 N–H and O–H groups in total. The van der Waals surface area contributed by atoms with Gasteiger partial charge in [0, 0.05) is 37.2 Å². The maximum atomic E-state index is 14.0. The number of nitrogens with one attached hydrogen (secondary N) is 1. The van der Waals surface area contributed by atoms with Crippen LogP contribution in [0.25, 0.3) is 0 Å². The molecule has 0 bridgehead atoms. The minimum atomic E-state index is -0.234. The van der Waals surface area contributed by atoms with Crippen LogP contribution in [0, 0.1) is 5.82 Å². The highest BCUT2D eigenvalue weighted by molar-refractivity contribution is 7.14. The lowest BCUT2D eigenvalue weighted by Crippen LogP contribution is -2.49. The molecule has 1 saturated heterocycles. The summed E-state index contributed by atoms with van der Waals surface area (Å²) in [5.74, 6) is 0.480. The largest absolute Gasteiger partial charge is 0.494 e. The van der Waals surface area contributed by atoms with Crippen LogP contribution in [0.5, 0.6) is 5.75 Å². The van der Waals surface area contributed by atoms with E-state index in [0.29, 0.717) is 49.3 Å². The van der Waals surface area contributed by atoms with Crippen LogP contribution in [0.2, 0.25) is 0 Å². The minimum Gasteiger partial charge on any atom is -0.494 e. The fourth-order valence-electron chi connectivity index (χ4n) is 3.37. The molecule has 1 aliphatic heterocycles. The highest BCUT2D eigenvalue weighted by Gasteiger charge is 2.25. The van der Waals surface area contributed by atoms with E-state index in [9.17, 15) is 9.18 Å². The number of hydrogen-bond donors (Lipinski definition) is 1. The molecule has 0 spiro atoms. The summed E-state index contributed by atoms with van der Waals surface area (Å²) in [5.41, 5.74) is 1.89. The van der Waals surface area contributed by atoms with Crippen molar-refractivity contribution in [2.45, 2.75) is 6.92 Å². The third kappa shape index (κ3) is 4.54. The van der Waals surface area contributed by atoms with Gasteiger partial charge in [-0.15, -0.1) is 11.3 Å². The first kappa shape index (κ1) is 20.2. The van der Waals surface area contributed by atoms with Crippen molar-refractivity contribution in [2.75, 3.05) is 43.0 Å². The van der Waals surface area contributed by atoms with Gasteiger partial charge >= 0.3 is 0 Å². The SMILES string of the molecule is CCOc1ccc(Nc2nc(C(=O)N3CCN(c4ccccc4F)CC3)cs2)cc1. The van der Waals surface area contributed by atoms with Crippen molar-refractivity contribution in [3.05, 3.63) is 65.4 Å². The maximum Gasteiger partial charge on any atom is 0.273 e. The number of amides is 1. The fraction of sp³-hybridized carbons (Fsp3) is 0.273. The number of anilines is 3. The molecule has 3 aromatic rings. The Morgan fingerprint density at radius 3 is 2.57 bits per heavy atom. The number of hydrogen-bond acceptors (Lipinski definition) is 6. The van der Waals surface area contributed by atoms with Crippen molar-refractivity contribution in [3.63, 3.8) is 0 Å². The van der Waals surface area contributed by atoms with Gasteiger partial charge in [-0.25, -0.2) is 9.37 Å². The average molecular weight is 427 g/mol. The Bertz CT molecular complexity index is 1000. The lowest BCUT2D eigenvalue weighted by molar-refractivity contribution is 0.0741. The number of carbonyl (C=O) groups excluding carboxylic acids is 1. The summed E-state index contributed by atoms with van der Waals surface area (Å²) >= 11 is 1.39. The summed E-state index contributed by atoms with van der Waals surface area (Å²) in [7, 11) is 0. The Kier molecular flexibility index (Phi) is 6.13. The van der Waals surface area contributed by atoms with Crippen molar-refractivity contribution in [2.24, 2.45) is 0 Å². The Morgan fingerprint density at radius 1 is 1.13 bits per heavy atom. The number of rotatable bonds is 6. The van der Waals surface area contributed by atoms with E-state index < -0.39 is 0 Å². The van der Waals surface area contributed by atoms with Crippen molar-refractivity contribution < 1.29 is 13.9 Å². The van der Waals surface area contributed by atoms with Crippen molar-refractivity contribution >= 4 is 33.8 Å². The van der Waals surface area contributed by atoms with E-state index in [4.69, 9.17) is 4.74 Å². The Hall–Kier alpha value is -3.13. The van der Waals surface area contributed by atoms with Crippen molar-refractivity contribution in [1.82, 2.24) is 9.88 Å². The lowest BCUT2D eigenvalue weighted by atomic mass is 10.2. The smallest absolute Gasteiger partial charge is 0.273 e. The molecule has 156 valence electrons. The normalized spacial score (nSPS) is 13.9. The Labute approximate surface area is 178 Å². The van der Waals surface area contributed by atoms with Crippen LogP contribution in [0.4, 0.5) is 20.9 Å². The van der Waals surface area contributed by atoms with Gasteiger partial charge in [-0.1, -0.05) is 12.1 Å². The van der Waals surface area contributed by atoms with E-state index in [1.807, 2.05) is 42.2 Å². The highest BCUT2D eigenvalue weighted by atomic mass is 32.1. The second-order valence-electron chi connectivity index (χ2n) is 6.85. The van der Waals surface area contributed by atoms with Crippen LogP contribution in [-0.4, -0.2) is 48.6 Å². The number of aromatic nitrogens is 1. The molecule has 1 amide bonds. The summed E-state index contributed by atoms with van der Waals surface area (Å²) in [5, 5.41) is 5.64. The number of halogens is 1. The molecule has 0 unspecified atom stereocenters. The molecule has 1 aliphatic rings. The number of para-hydroxylation sites is 1. The predicted molar refractivity (Wildman–Crippen MR) is 118 cm³/mol. The molecule has 1 fully saturated rings. The number of piperazine rings is 1. The highest BCUT2D eigenvalue weighted by Crippen LogP contribution is 2.25. The van der Waals surface area contributed by atoms with Crippen LogP contribution in [0.15, 0.2) is 53.9 Å². The van der Waals surface area contributed by atoms with Crippen molar-refractivity contribution in [3.8, 4) is 5.75 Å². The lowest BCUT2D eigenvalue weighted by Gasteiger charge is -2.35. The van der Waals surface area contributed by atoms with Crippen LogP contribution in [0.3, 0.4) is 0 Å². The van der Waals surface area contributed by atoms with Crippen LogP contribution in [-0.2, 0) is 0 Å². The third-order valence-corrected chi connectivity index (χ3v) is 5.66. The molecule has 0 radical (unpaired) electrons. The number of thiazole rings is 1. The van der Waals surface area contributed by atoms with Gasteiger partial charge in [0.2, 0.25) is 0 Å². The minimum absolute atomic E-state index is 0.0980. The quantitative estimate of drug-likeness (QED) is 0.634. The summed E-state index contributed by atoms with van der Waals surface area (Å²) in [6.07, 6.45) is 0. The summed E-state index contributed by atoms with van der Waals surface area (Å²) in [4.78, 5) is 21.0. The summed E-state index contributed by atoms with van der Waals surface area (Å²) < 4.78 is 19.4. The van der Waals surface area contributed by atoms with Crippen LogP contribution >= 0.6 is 11.3 Å². The van der Waals surface area contributed by atoms with Gasteiger partial charge in [-0.05, 0) is 43.3 Å². The van der Waals surface area contributed by atoms with Crippen LogP contribution in [0.1, 0.15) is 17.4 Å². The Morgan fingerprint density at radius 2 is 1.87 bits per heavy atom. The zero-order valence-corrected chi connectivity index (χ0v) is 17.5. The van der Waals surface area contributed by atoms with E-state index in [2.05, 4.69) is 10.3 Å². The zero-order chi connectivity index (χ0) is 20.9. The molecule has 8 heteroatoms. The van der Waals surface area contributed by atoms with Gasteiger partial charge in [0.15, 0.2) is 5.13 Å². The zero-order valence-electron chi connectivity index (χ0n) is 16.7. The fourth-order valence-corrected chi connectivity index (χ4v) is 4.08. The molecule has 0 saturated carbocycles. The van der Waals surface area contributed by atoms with E-state index in [0.717, 1.165) is 11.4 Å². The monoisotopic (exact) mass is 426 g/mol. The third-order valence-electron chi connectivity index (χ3n) is 4.90. The van der Waals surface area contributed by atoms with E-state index in [-0.39, 0.29) is 11.7 Å². The molecule has 2 aromatic carbocycles. The maximum absolute atomic E-state index is 14.0. The van der Waals surface area contributed by atoms with Gasteiger partial charge in [0.05, 0.1) is 12.3 Å². The second-order valence-corrected chi connectivity index (χ2v) is 7.71. The van der Waals surface area contributed by atoms with E-state index in [1.165, 1.54) is 17.4 Å². The Balaban J connectivity index is 1.35. The molecule has 2 heterocycles. The van der Waals surface area contributed by atoms with Crippen molar-refractivity contribution in [1.29, 1.82) is 0 Å². The van der Waals surface area contributed by atoms with E-state index >= 15 is 0 Å². The van der Waals surface area contributed by atoms with Gasteiger partial charge < -0.3 is 19.9 Å². The topological polar surface area (TPSA) is 57.7 Å². The first-order chi connectivity index (χ1) is 14.6. The molecule has 1 aromatic heterocycles. The molecule has 0 aliphatic carbocycles. The standard InChI is InChI=1S/C22H23FN4O2S/c1-2-29-17-9-7-16(8-10-17)24-22-25-19(15-30-22)21(28)27-13-11-26(12-14-27)20-6-4-3-5-18(20)23/h3-10,15H,2,11-14H2,1H3,(H,24,25). The molecule has 4 rings (SSSR count). The molecular formula is C22H23FN4O2S. The number of benzene rings is 2.